The molecule has 2 aromatic carbocycles. The highest BCUT2D eigenvalue weighted by atomic mass is 35.5. The Bertz CT molecular complexity index is 869. The van der Waals surface area contributed by atoms with Crippen LogP contribution >= 0.6 is 23.8 Å². The second-order valence-electron chi connectivity index (χ2n) is 4.97. The third-order valence-corrected chi connectivity index (χ3v) is 3.63. The quantitative estimate of drug-likeness (QED) is 0.348. The molecule has 9 heteroatoms. The number of rotatable bonds is 5. The summed E-state index contributed by atoms with van der Waals surface area (Å²) in [7, 11) is 1.38. The number of benzene rings is 2. The number of amides is 1. The van der Waals surface area contributed by atoms with Gasteiger partial charge in [0, 0.05) is 17.2 Å². The Hall–Kier alpha value is -2.97. The van der Waals surface area contributed by atoms with Crippen LogP contribution in [-0.2, 0) is 4.79 Å². The Balaban J connectivity index is 1.98. The van der Waals surface area contributed by atoms with Crippen molar-refractivity contribution in [2.75, 3.05) is 12.4 Å². The fourth-order valence-electron chi connectivity index (χ4n) is 1.95. The van der Waals surface area contributed by atoms with E-state index in [4.69, 9.17) is 28.6 Å². The van der Waals surface area contributed by atoms with E-state index < -0.39 is 10.8 Å². The Kier molecular flexibility index (Phi) is 6.65. The van der Waals surface area contributed by atoms with E-state index in [2.05, 4.69) is 10.6 Å². The van der Waals surface area contributed by atoms with Gasteiger partial charge in [0.25, 0.3) is 5.69 Å². The Morgan fingerprint density at radius 1 is 1.27 bits per heavy atom. The standard InChI is InChI=1S/C17H14ClN3O4S/c1-25-15-10-13(21(23)24)7-8-14(15)19-17(26)20-16(22)9-4-11-2-5-12(18)6-3-11/h2-10H,1H3,(H2,19,20,22,26)/b9-4+. The van der Waals surface area contributed by atoms with Gasteiger partial charge < -0.3 is 10.1 Å². The largest absolute Gasteiger partial charge is 0.494 e. The predicted molar refractivity (Wildman–Crippen MR) is 104 cm³/mol. The average molecular weight is 392 g/mol. The molecule has 0 aromatic heterocycles. The van der Waals surface area contributed by atoms with Crippen LogP contribution in [0.2, 0.25) is 5.02 Å². The Labute approximate surface area is 159 Å². The molecule has 0 spiro atoms. The SMILES string of the molecule is COc1cc([N+](=O)[O-])ccc1NC(=S)NC(=O)/C=C/c1ccc(Cl)cc1. The number of methoxy groups -OCH3 is 1. The number of halogens is 1. The number of carbonyl (C=O) groups is 1. The van der Waals surface area contributed by atoms with Gasteiger partial charge >= 0.3 is 0 Å². The zero-order valence-electron chi connectivity index (χ0n) is 13.6. The van der Waals surface area contributed by atoms with Crippen molar-refractivity contribution >= 4 is 52.3 Å². The van der Waals surface area contributed by atoms with Crippen LogP contribution in [0, 0.1) is 10.1 Å². The van der Waals surface area contributed by atoms with Crippen LogP contribution in [0.25, 0.3) is 6.08 Å². The van der Waals surface area contributed by atoms with Crippen LogP contribution < -0.4 is 15.4 Å². The van der Waals surface area contributed by atoms with Crippen molar-refractivity contribution in [3.8, 4) is 5.75 Å². The number of ether oxygens (including phenoxy) is 1. The molecule has 134 valence electrons. The summed E-state index contributed by atoms with van der Waals surface area (Å²) in [4.78, 5) is 22.2. The number of anilines is 1. The summed E-state index contributed by atoms with van der Waals surface area (Å²) in [5.74, 6) is -0.203. The van der Waals surface area contributed by atoms with Crippen LogP contribution in [0.4, 0.5) is 11.4 Å². The number of hydrogen-bond acceptors (Lipinski definition) is 5. The Morgan fingerprint density at radius 3 is 2.58 bits per heavy atom. The van der Waals surface area contributed by atoms with Crippen LogP contribution in [0.3, 0.4) is 0 Å². The van der Waals surface area contributed by atoms with Crippen molar-refractivity contribution in [3.63, 3.8) is 0 Å². The molecular weight excluding hydrogens is 378 g/mol. The molecular formula is C17H14ClN3O4S. The first-order valence-corrected chi connectivity index (χ1v) is 8.05. The van der Waals surface area contributed by atoms with Gasteiger partial charge in [0.15, 0.2) is 5.11 Å². The van der Waals surface area contributed by atoms with E-state index in [1.807, 2.05) is 0 Å². The van der Waals surface area contributed by atoms with Gasteiger partial charge in [0.1, 0.15) is 5.75 Å². The fourth-order valence-corrected chi connectivity index (χ4v) is 2.29. The number of nitro groups is 1. The highest BCUT2D eigenvalue weighted by Gasteiger charge is 2.12. The van der Waals surface area contributed by atoms with E-state index in [1.165, 1.54) is 31.4 Å². The van der Waals surface area contributed by atoms with Crippen molar-refractivity contribution in [2.45, 2.75) is 0 Å². The summed E-state index contributed by atoms with van der Waals surface area (Å²) in [5, 5.41) is 16.7. The van der Waals surface area contributed by atoms with E-state index >= 15 is 0 Å². The lowest BCUT2D eigenvalue weighted by molar-refractivity contribution is -0.384. The summed E-state index contributed by atoms with van der Waals surface area (Å²) >= 11 is 10.9. The summed E-state index contributed by atoms with van der Waals surface area (Å²) in [6.45, 7) is 0. The maximum Gasteiger partial charge on any atom is 0.273 e. The third kappa shape index (κ3) is 5.54. The predicted octanol–water partition coefficient (Wildman–Crippen LogP) is 3.78. The highest BCUT2D eigenvalue weighted by molar-refractivity contribution is 7.80. The third-order valence-electron chi connectivity index (χ3n) is 3.18. The first-order valence-electron chi connectivity index (χ1n) is 7.27. The topological polar surface area (TPSA) is 93.5 Å². The summed E-state index contributed by atoms with van der Waals surface area (Å²) in [6.07, 6.45) is 2.94. The molecule has 26 heavy (non-hydrogen) atoms. The van der Waals surface area contributed by atoms with Gasteiger partial charge in [-0.25, -0.2) is 0 Å². The minimum atomic E-state index is -0.534. The van der Waals surface area contributed by atoms with Crippen molar-refractivity contribution < 1.29 is 14.5 Å². The lowest BCUT2D eigenvalue weighted by Gasteiger charge is -2.11. The van der Waals surface area contributed by atoms with Crippen LogP contribution in [0.1, 0.15) is 5.56 Å². The molecule has 0 saturated carbocycles. The van der Waals surface area contributed by atoms with E-state index in [-0.39, 0.29) is 16.5 Å². The van der Waals surface area contributed by atoms with Gasteiger partial charge in [-0.2, -0.15) is 0 Å². The van der Waals surface area contributed by atoms with Gasteiger partial charge in [-0.3, -0.25) is 20.2 Å². The van der Waals surface area contributed by atoms with Crippen molar-refractivity contribution in [1.29, 1.82) is 0 Å². The van der Waals surface area contributed by atoms with Gasteiger partial charge in [-0.05, 0) is 42.1 Å². The maximum atomic E-state index is 11.9. The van der Waals surface area contributed by atoms with Gasteiger partial charge in [-0.1, -0.05) is 23.7 Å². The lowest BCUT2D eigenvalue weighted by Crippen LogP contribution is -2.32. The van der Waals surface area contributed by atoms with Gasteiger partial charge in [-0.15, -0.1) is 0 Å². The first-order chi connectivity index (χ1) is 12.4. The summed E-state index contributed by atoms with van der Waals surface area (Å²) in [5.41, 5.74) is 1.08. The molecule has 0 aliphatic carbocycles. The molecule has 0 aliphatic rings. The number of hydrogen-bond donors (Lipinski definition) is 2. The molecule has 0 fully saturated rings. The highest BCUT2D eigenvalue weighted by Crippen LogP contribution is 2.28. The minimum absolute atomic E-state index is 0.0305. The number of nitro benzene ring substituents is 1. The molecule has 0 saturated heterocycles. The zero-order valence-corrected chi connectivity index (χ0v) is 15.1. The zero-order chi connectivity index (χ0) is 19.1. The minimum Gasteiger partial charge on any atom is -0.494 e. The van der Waals surface area contributed by atoms with Crippen molar-refractivity contribution in [1.82, 2.24) is 5.32 Å². The van der Waals surface area contributed by atoms with Crippen LogP contribution in [0.5, 0.6) is 5.75 Å². The van der Waals surface area contributed by atoms with Gasteiger partial charge in [0.2, 0.25) is 5.91 Å². The molecule has 0 atom stereocenters. The van der Waals surface area contributed by atoms with E-state index in [0.29, 0.717) is 10.7 Å². The molecule has 1 amide bonds. The molecule has 2 aromatic rings. The molecule has 0 unspecified atom stereocenters. The molecule has 7 nitrogen and oxygen atoms in total. The molecule has 0 bridgehead atoms. The van der Waals surface area contributed by atoms with E-state index in [0.717, 1.165) is 5.56 Å². The Morgan fingerprint density at radius 2 is 1.96 bits per heavy atom. The normalized spacial score (nSPS) is 10.4. The van der Waals surface area contributed by atoms with E-state index in [1.54, 1.807) is 30.3 Å². The molecule has 0 heterocycles. The molecule has 2 rings (SSSR count). The summed E-state index contributed by atoms with van der Waals surface area (Å²) < 4.78 is 5.09. The van der Waals surface area contributed by atoms with Crippen LogP contribution in [0.15, 0.2) is 48.5 Å². The molecule has 2 N–H and O–H groups in total. The summed E-state index contributed by atoms with van der Waals surface area (Å²) in [6, 6.07) is 11.0. The van der Waals surface area contributed by atoms with Crippen LogP contribution in [-0.4, -0.2) is 23.1 Å². The van der Waals surface area contributed by atoms with Crippen molar-refractivity contribution in [3.05, 3.63) is 69.2 Å². The second-order valence-corrected chi connectivity index (χ2v) is 5.81. The maximum absolute atomic E-state index is 11.9. The monoisotopic (exact) mass is 391 g/mol. The first kappa shape index (κ1) is 19.4. The molecule has 0 radical (unpaired) electrons. The lowest BCUT2D eigenvalue weighted by atomic mass is 10.2. The second kappa shape index (κ2) is 8.93. The van der Waals surface area contributed by atoms with Gasteiger partial charge in [0.05, 0.1) is 23.8 Å². The number of non-ortho nitro benzene ring substituents is 1. The smallest absolute Gasteiger partial charge is 0.273 e. The number of nitrogens with one attached hydrogen (secondary N) is 2. The van der Waals surface area contributed by atoms with Crippen molar-refractivity contribution in [2.24, 2.45) is 0 Å². The number of thiocarbonyl (C=S) groups is 1. The fraction of sp³-hybridized carbons (Fsp3) is 0.0588. The molecule has 0 aliphatic heterocycles. The number of nitrogens with zero attached hydrogens (tertiary/aromatic N) is 1. The van der Waals surface area contributed by atoms with E-state index in [9.17, 15) is 14.9 Å². The number of carbonyl (C=O) groups excluding carboxylic acids is 1. The average Bonchev–Trinajstić information content (AvgIpc) is 2.61.